The van der Waals surface area contributed by atoms with Crippen LogP contribution in [-0.2, 0) is 0 Å². The van der Waals surface area contributed by atoms with E-state index < -0.39 is 0 Å². The van der Waals surface area contributed by atoms with Crippen molar-refractivity contribution in [3.05, 3.63) is 82.8 Å². The minimum Gasteiger partial charge on any atom is -0.454 e. The summed E-state index contributed by atoms with van der Waals surface area (Å²) in [4.78, 5) is 21.8. The van der Waals surface area contributed by atoms with E-state index >= 15 is 0 Å². The number of amidine groups is 1. The zero-order valence-corrected chi connectivity index (χ0v) is 18.4. The molecular formula is C24H21BrN4O2. The lowest BCUT2D eigenvalue weighted by Crippen LogP contribution is -2.51. The number of piperazine rings is 1. The fraction of sp³-hybridized carbons (Fsp3) is 0.167. The van der Waals surface area contributed by atoms with E-state index in [0.717, 1.165) is 38.7 Å². The highest BCUT2D eigenvalue weighted by Crippen LogP contribution is 2.37. The number of hydrogen-bond donors (Lipinski definition) is 1. The minimum atomic E-state index is -0.0940. The smallest absolute Gasteiger partial charge is 0.321 e. The molecule has 0 bridgehead atoms. The molecule has 3 aromatic rings. The lowest BCUT2D eigenvalue weighted by Gasteiger charge is -2.36. The average Bonchev–Trinajstić information content (AvgIpc) is 2.97. The Bertz CT molecular complexity index is 1160. The van der Waals surface area contributed by atoms with Crippen LogP contribution in [0.25, 0.3) is 0 Å². The number of urea groups is 1. The van der Waals surface area contributed by atoms with Crippen LogP contribution >= 0.6 is 15.9 Å². The molecule has 0 saturated carbocycles. The lowest BCUT2D eigenvalue weighted by atomic mass is 10.1. The number of fused-ring (bicyclic) bond motifs is 2. The second-order valence-corrected chi connectivity index (χ2v) is 8.24. The van der Waals surface area contributed by atoms with Gasteiger partial charge >= 0.3 is 6.03 Å². The molecule has 2 heterocycles. The van der Waals surface area contributed by atoms with E-state index in [1.807, 2.05) is 77.7 Å². The van der Waals surface area contributed by atoms with Gasteiger partial charge in [-0.25, -0.2) is 9.79 Å². The van der Waals surface area contributed by atoms with Gasteiger partial charge in [-0.15, -0.1) is 0 Å². The van der Waals surface area contributed by atoms with Crippen LogP contribution in [-0.4, -0.2) is 47.8 Å². The van der Waals surface area contributed by atoms with E-state index in [-0.39, 0.29) is 6.03 Å². The topological polar surface area (TPSA) is 57.2 Å². The van der Waals surface area contributed by atoms with Crippen molar-refractivity contribution in [3.8, 4) is 11.5 Å². The van der Waals surface area contributed by atoms with Gasteiger partial charge in [0, 0.05) is 30.7 Å². The number of anilines is 1. The number of carbonyl (C=O) groups excluding carboxylic acids is 1. The van der Waals surface area contributed by atoms with E-state index in [1.165, 1.54) is 0 Å². The van der Waals surface area contributed by atoms with Gasteiger partial charge in [0.15, 0.2) is 5.75 Å². The molecule has 0 aliphatic carbocycles. The first-order chi connectivity index (χ1) is 15.2. The van der Waals surface area contributed by atoms with Crippen LogP contribution in [0.5, 0.6) is 11.5 Å². The summed E-state index contributed by atoms with van der Waals surface area (Å²) in [6.45, 7) is 2.61. The summed E-state index contributed by atoms with van der Waals surface area (Å²) in [7, 11) is 0. The Balaban J connectivity index is 1.35. The van der Waals surface area contributed by atoms with Crippen molar-refractivity contribution in [2.75, 3.05) is 31.5 Å². The van der Waals surface area contributed by atoms with Gasteiger partial charge < -0.3 is 19.9 Å². The number of nitrogens with zero attached hydrogens (tertiary/aromatic N) is 3. The molecule has 156 valence electrons. The molecule has 5 rings (SSSR count). The van der Waals surface area contributed by atoms with Gasteiger partial charge in [0.1, 0.15) is 17.3 Å². The molecule has 0 aromatic heterocycles. The molecule has 0 radical (unpaired) electrons. The van der Waals surface area contributed by atoms with Gasteiger partial charge in [-0.1, -0.05) is 36.4 Å². The molecule has 1 fully saturated rings. The summed E-state index contributed by atoms with van der Waals surface area (Å²) in [5, 5.41) is 2.98. The quantitative estimate of drug-likeness (QED) is 0.505. The molecule has 2 aliphatic rings. The maximum Gasteiger partial charge on any atom is 0.321 e. The number of rotatable bonds is 1. The zero-order valence-electron chi connectivity index (χ0n) is 16.8. The van der Waals surface area contributed by atoms with Gasteiger partial charge in [-0.2, -0.15) is 0 Å². The zero-order chi connectivity index (χ0) is 21.2. The SMILES string of the molecule is O=C(Nc1ccccc1Br)N1CCN(C2=Nc3ccccc3Oc3ccccc32)CC1. The Morgan fingerprint density at radius 2 is 1.55 bits per heavy atom. The summed E-state index contributed by atoms with van der Waals surface area (Å²) in [5.74, 6) is 2.42. The van der Waals surface area contributed by atoms with E-state index in [1.54, 1.807) is 0 Å². The van der Waals surface area contributed by atoms with Crippen LogP contribution in [0.1, 0.15) is 5.56 Å². The standard InChI is InChI=1S/C24H21BrN4O2/c25-18-8-2-3-9-19(18)27-24(30)29-15-13-28(14-16-29)23-17-7-1-5-11-21(17)31-22-12-6-4-10-20(22)26-23/h1-12H,13-16H2,(H,27,30). The summed E-state index contributed by atoms with van der Waals surface area (Å²) in [6, 6.07) is 23.3. The summed E-state index contributed by atoms with van der Waals surface area (Å²) < 4.78 is 7.01. The molecule has 31 heavy (non-hydrogen) atoms. The van der Waals surface area contributed by atoms with Crippen LogP contribution in [0.2, 0.25) is 0 Å². The second kappa shape index (κ2) is 8.43. The molecule has 2 amide bonds. The number of carbonyl (C=O) groups is 1. The first-order valence-electron chi connectivity index (χ1n) is 10.2. The van der Waals surface area contributed by atoms with Gasteiger partial charge in [0.25, 0.3) is 0 Å². The molecule has 1 saturated heterocycles. The number of para-hydroxylation sites is 4. The van der Waals surface area contributed by atoms with Crippen molar-refractivity contribution < 1.29 is 9.53 Å². The predicted octanol–water partition coefficient (Wildman–Crippen LogP) is 5.48. The molecule has 2 aliphatic heterocycles. The number of nitrogens with one attached hydrogen (secondary N) is 1. The largest absolute Gasteiger partial charge is 0.454 e. The monoisotopic (exact) mass is 476 g/mol. The first kappa shape index (κ1) is 19.6. The second-order valence-electron chi connectivity index (χ2n) is 7.39. The lowest BCUT2D eigenvalue weighted by molar-refractivity contribution is 0.181. The van der Waals surface area contributed by atoms with E-state index in [9.17, 15) is 4.79 Å². The van der Waals surface area contributed by atoms with Gasteiger partial charge in [0.2, 0.25) is 0 Å². The van der Waals surface area contributed by atoms with Gasteiger partial charge in [-0.05, 0) is 52.3 Å². The number of aliphatic imine (C=N–C) groups is 1. The average molecular weight is 477 g/mol. The molecule has 1 N–H and O–H groups in total. The fourth-order valence-corrected chi connectivity index (χ4v) is 4.17. The summed E-state index contributed by atoms with van der Waals surface area (Å²) in [6.07, 6.45) is 0. The third-order valence-corrected chi connectivity index (χ3v) is 6.11. The third-order valence-electron chi connectivity index (χ3n) is 5.42. The van der Waals surface area contributed by atoms with Crippen LogP contribution < -0.4 is 10.1 Å². The van der Waals surface area contributed by atoms with Crippen molar-refractivity contribution in [2.45, 2.75) is 0 Å². The Hall–Kier alpha value is -3.32. The highest BCUT2D eigenvalue weighted by atomic mass is 79.9. The Labute approximate surface area is 189 Å². The van der Waals surface area contributed by atoms with Crippen LogP contribution in [0, 0.1) is 0 Å². The fourth-order valence-electron chi connectivity index (χ4n) is 3.79. The van der Waals surface area contributed by atoms with Crippen molar-refractivity contribution in [2.24, 2.45) is 4.99 Å². The van der Waals surface area contributed by atoms with Crippen LogP contribution in [0.15, 0.2) is 82.3 Å². The van der Waals surface area contributed by atoms with Crippen LogP contribution in [0.3, 0.4) is 0 Å². The van der Waals surface area contributed by atoms with Gasteiger partial charge in [-0.3, -0.25) is 0 Å². The maximum absolute atomic E-state index is 12.7. The van der Waals surface area contributed by atoms with Crippen molar-refractivity contribution >= 4 is 39.2 Å². The Kier molecular flexibility index (Phi) is 5.34. The number of benzene rings is 3. The van der Waals surface area contributed by atoms with E-state index in [2.05, 4.69) is 26.1 Å². The molecule has 7 heteroatoms. The number of amides is 2. The predicted molar refractivity (Wildman–Crippen MR) is 125 cm³/mol. The van der Waals surface area contributed by atoms with Crippen LogP contribution in [0.4, 0.5) is 16.2 Å². The highest BCUT2D eigenvalue weighted by molar-refractivity contribution is 9.10. The van der Waals surface area contributed by atoms with E-state index in [0.29, 0.717) is 26.2 Å². The molecule has 3 aromatic carbocycles. The molecule has 0 spiro atoms. The molecule has 6 nitrogen and oxygen atoms in total. The van der Waals surface area contributed by atoms with E-state index in [4.69, 9.17) is 9.73 Å². The molecular weight excluding hydrogens is 456 g/mol. The summed E-state index contributed by atoms with van der Waals surface area (Å²) >= 11 is 3.48. The normalized spacial score (nSPS) is 15.2. The summed E-state index contributed by atoms with van der Waals surface area (Å²) in [5.41, 5.74) is 2.54. The molecule has 0 atom stereocenters. The Morgan fingerprint density at radius 1 is 0.871 bits per heavy atom. The van der Waals surface area contributed by atoms with Crippen molar-refractivity contribution in [1.29, 1.82) is 0 Å². The van der Waals surface area contributed by atoms with Crippen molar-refractivity contribution in [1.82, 2.24) is 9.80 Å². The maximum atomic E-state index is 12.7. The minimum absolute atomic E-state index is 0.0940. The highest BCUT2D eigenvalue weighted by Gasteiger charge is 2.27. The molecule has 0 unspecified atom stereocenters. The van der Waals surface area contributed by atoms with Crippen molar-refractivity contribution in [3.63, 3.8) is 0 Å². The Morgan fingerprint density at radius 3 is 2.35 bits per heavy atom. The number of halogens is 1. The third kappa shape index (κ3) is 4.01. The first-order valence-corrected chi connectivity index (χ1v) is 11.0. The number of hydrogen-bond acceptors (Lipinski definition) is 4. The number of ether oxygens (including phenoxy) is 1. The van der Waals surface area contributed by atoms with Gasteiger partial charge in [0.05, 0.1) is 11.3 Å².